The summed E-state index contributed by atoms with van der Waals surface area (Å²) in [4.78, 5) is 52.9. The van der Waals surface area contributed by atoms with Crippen molar-refractivity contribution < 1.29 is 19.2 Å². The zero-order chi connectivity index (χ0) is 18.7. The summed E-state index contributed by atoms with van der Waals surface area (Å²) >= 11 is 0. The molecule has 0 aliphatic carbocycles. The van der Waals surface area contributed by atoms with Crippen molar-refractivity contribution in [3.8, 4) is 0 Å². The molecule has 1 N–H and O–H groups in total. The van der Waals surface area contributed by atoms with E-state index in [2.05, 4.69) is 10.3 Å². The van der Waals surface area contributed by atoms with Gasteiger partial charge in [0.2, 0.25) is 5.91 Å². The van der Waals surface area contributed by atoms with Gasteiger partial charge in [0.05, 0.1) is 5.56 Å². The van der Waals surface area contributed by atoms with Crippen molar-refractivity contribution in [3.05, 3.63) is 59.4 Å². The molecule has 2 aromatic rings. The fourth-order valence-electron chi connectivity index (χ4n) is 2.75. The maximum Gasteiger partial charge on any atom is 0.280 e. The van der Waals surface area contributed by atoms with Crippen molar-refractivity contribution in [1.29, 1.82) is 0 Å². The van der Waals surface area contributed by atoms with Crippen molar-refractivity contribution in [2.24, 2.45) is 0 Å². The van der Waals surface area contributed by atoms with Crippen LogP contribution in [-0.4, -0.2) is 39.9 Å². The molecule has 3 amide bonds. The van der Waals surface area contributed by atoms with Gasteiger partial charge in [0.25, 0.3) is 11.8 Å². The first-order chi connectivity index (χ1) is 12.5. The van der Waals surface area contributed by atoms with E-state index in [-0.39, 0.29) is 36.3 Å². The molecule has 132 valence electrons. The summed E-state index contributed by atoms with van der Waals surface area (Å²) in [5, 5.41) is 2.71. The van der Waals surface area contributed by atoms with E-state index in [9.17, 15) is 19.2 Å². The average Bonchev–Trinajstić information content (AvgIpc) is 2.87. The molecule has 1 aromatic heterocycles. The number of nitrogens with zero attached hydrogens (tertiary/aromatic N) is 2. The number of ketones is 1. The maximum atomic E-state index is 12.2. The first-order valence-corrected chi connectivity index (χ1v) is 8.19. The number of carbonyl (C=O) groups excluding carboxylic acids is 4. The van der Waals surface area contributed by atoms with Crippen molar-refractivity contribution in [1.82, 2.24) is 9.88 Å². The molecule has 0 saturated heterocycles. The third-order valence-electron chi connectivity index (χ3n) is 4.07. The van der Waals surface area contributed by atoms with Crippen LogP contribution in [0.5, 0.6) is 0 Å². The molecule has 1 aliphatic rings. The van der Waals surface area contributed by atoms with Gasteiger partial charge in [-0.05, 0) is 37.6 Å². The highest BCUT2D eigenvalue weighted by molar-refractivity contribution is 6.20. The number of hydrogen-bond acceptors (Lipinski definition) is 5. The second-order valence-corrected chi connectivity index (χ2v) is 5.95. The van der Waals surface area contributed by atoms with Crippen LogP contribution in [0.15, 0.2) is 42.6 Å². The molecule has 0 radical (unpaired) electrons. The molecular formula is C19H17N3O4. The lowest BCUT2D eigenvalue weighted by Crippen LogP contribution is -2.31. The molecule has 0 saturated carbocycles. The van der Waals surface area contributed by atoms with E-state index in [0.717, 1.165) is 4.90 Å². The minimum Gasteiger partial charge on any atom is -0.326 e. The Morgan fingerprint density at radius 2 is 1.92 bits per heavy atom. The highest BCUT2D eigenvalue weighted by Gasteiger charge is 2.36. The number of imide groups is 1. The molecule has 0 atom stereocenters. The van der Waals surface area contributed by atoms with Crippen LogP contribution in [0.3, 0.4) is 0 Å². The van der Waals surface area contributed by atoms with Crippen LogP contribution < -0.4 is 5.32 Å². The van der Waals surface area contributed by atoms with Crippen LogP contribution in [0, 0.1) is 0 Å². The molecule has 0 unspecified atom stereocenters. The van der Waals surface area contributed by atoms with E-state index in [1.54, 1.807) is 36.4 Å². The topological polar surface area (TPSA) is 96.4 Å². The normalized spacial score (nSPS) is 12.9. The van der Waals surface area contributed by atoms with Crippen molar-refractivity contribution in [2.75, 3.05) is 11.9 Å². The number of hydrogen-bond donors (Lipinski definition) is 1. The number of fused-ring (bicyclic) bond motifs is 1. The van der Waals surface area contributed by atoms with Gasteiger partial charge in [0.1, 0.15) is 5.69 Å². The third kappa shape index (κ3) is 3.51. The van der Waals surface area contributed by atoms with Gasteiger partial charge in [-0.2, -0.15) is 0 Å². The van der Waals surface area contributed by atoms with Crippen LogP contribution >= 0.6 is 0 Å². The molecule has 1 aromatic carbocycles. The summed E-state index contributed by atoms with van der Waals surface area (Å²) in [7, 11) is 0. The Bertz CT molecular complexity index is 872. The van der Waals surface area contributed by atoms with Crippen LogP contribution in [0.2, 0.25) is 0 Å². The first-order valence-electron chi connectivity index (χ1n) is 8.19. The standard InChI is InChI=1S/C19H17N3O4/c1-12(23)13-5-2-6-14(11-13)21-16(24)8-4-10-22-18(25)15-7-3-9-20-17(15)19(22)26/h2-3,5-7,9,11H,4,8,10H2,1H3,(H,21,24). The number of carbonyl (C=O) groups is 4. The largest absolute Gasteiger partial charge is 0.326 e. The summed E-state index contributed by atoms with van der Waals surface area (Å²) in [6.45, 7) is 1.60. The van der Waals surface area contributed by atoms with Gasteiger partial charge in [-0.25, -0.2) is 0 Å². The van der Waals surface area contributed by atoms with Crippen molar-refractivity contribution >= 4 is 29.2 Å². The van der Waals surface area contributed by atoms with Gasteiger partial charge in [-0.15, -0.1) is 0 Å². The fraction of sp³-hybridized carbons (Fsp3) is 0.211. The minimum atomic E-state index is -0.430. The number of anilines is 1. The van der Waals surface area contributed by atoms with Gasteiger partial charge >= 0.3 is 0 Å². The van der Waals surface area contributed by atoms with Gasteiger partial charge in [0.15, 0.2) is 5.78 Å². The number of aromatic nitrogens is 1. The third-order valence-corrected chi connectivity index (χ3v) is 4.07. The van der Waals surface area contributed by atoms with Crippen LogP contribution in [0.1, 0.15) is 51.0 Å². The monoisotopic (exact) mass is 351 g/mol. The molecule has 1 aliphatic heterocycles. The number of Topliss-reactive ketones (excluding diaryl/α,β-unsaturated/α-hetero) is 1. The fourth-order valence-corrected chi connectivity index (χ4v) is 2.75. The molecule has 7 nitrogen and oxygen atoms in total. The quantitative estimate of drug-likeness (QED) is 0.636. The second-order valence-electron chi connectivity index (χ2n) is 5.95. The molecule has 0 fully saturated rings. The second kappa shape index (κ2) is 7.26. The highest BCUT2D eigenvalue weighted by atomic mass is 16.2. The zero-order valence-corrected chi connectivity index (χ0v) is 14.2. The highest BCUT2D eigenvalue weighted by Crippen LogP contribution is 2.20. The average molecular weight is 351 g/mol. The summed E-state index contributed by atoms with van der Waals surface area (Å²) in [5.41, 5.74) is 1.50. The van der Waals surface area contributed by atoms with Gasteiger partial charge in [-0.1, -0.05) is 12.1 Å². The van der Waals surface area contributed by atoms with E-state index in [0.29, 0.717) is 23.2 Å². The molecule has 0 bridgehead atoms. The molecule has 2 heterocycles. The van der Waals surface area contributed by atoms with Gasteiger partial charge in [-0.3, -0.25) is 29.1 Å². The SMILES string of the molecule is CC(=O)c1cccc(NC(=O)CCCN2C(=O)c3cccnc3C2=O)c1. The zero-order valence-electron chi connectivity index (χ0n) is 14.2. The summed E-state index contributed by atoms with van der Waals surface area (Å²) < 4.78 is 0. The molecule has 26 heavy (non-hydrogen) atoms. The molecule has 7 heteroatoms. The first kappa shape index (κ1) is 17.5. The van der Waals surface area contributed by atoms with E-state index < -0.39 is 5.91 Å². The summed E-state index contributed by atoms with van der Waals surface area (Å²) in [6, 6.07) is 9.84. The van der Waals surface area contributed by atoms with Crippen LogP contribution in [-0.2, 0) is 4.79 Å². The number of pyridine rings is 1. The Morgan fingerprint density at radius 1 is 1.12 bits per heavy atom. The molecular weight excluding hydrogens is 334 g/mol. The predicted octanol–water partition coefficient (Wildman–Crippen LogP) is 2.30. The van der Waals surface area contributed by atoms with E-state index in [1.165, 1.54) is 13.1 Å². The van der Waals surface area contributed by atoms with Gasteiger partial charge in [0, 0.05) is 30.4 Å². The van der Waals surface area contributed by atoms with E-state index in [1.807, 2.05) is 0 Å². The van der Waals surface area contributed by atoms with E-state index >= 15 is 0 Å². The van der Waals surface area contributed by atoms with Crippen molar-refractivity contribution in [2.45, 2.75) is 19.8 Å². The number of rotatable bonds is 6. The Hall–Kier alpha value is -3.35. The summed E-state index contributed by atoms with van der Waals surface area (Å²) in [6.07, 6.45) is 1.95. The van der Waals surface area contributed by atoms with Gasteiger partial charge < -0.3 is 5.32 Å². The Labute approximate surface area is 150 Å². The van der Waals surface area contributed by atoms with E-state index in [4.69, 9.17) is 0 Å². The Morgan fingerprint density at radius 3 is 2.65 bits per heavy atom. The lowest BCUT2D eigenvalue weighted by Gasteiger charge is -2.13. The number of amides is 3. The Balaban J connectivity index is 1.53. The van der Waals surface area contributed by atoms with Crippen LogP contribution in [0.25, 0.3) is 0 Å². The summed E-state index contributed by atoms with van der Waals surface area (Å²) in [5.74, 6) is -1.14. The molecule has 0 spiro atoms. The van der Waals surface area contributed by atoms with Crippen molar-refractivity contribution in [3.63, 3.8) is 0 Å². The predicted molar refractivity (Wildman–Crippen MR) is 93.9 cm³/mol. The number of benzene rings is 1. The smallest absolute Gasteiger partial charge is 0.280 e. The Kier molecular flexibility index (Phi) is 4.88. The minimum absolute atomic E-state index is 0.0830. The molecule has 3 rings (SSSR count). The lowest BCUT2D eigenvalue weighted by atomic mass is 10.1. The maximum absolute atomic E-state index is 12.2. The lowest BCUT2D eigenvalue weighted by molar-refractivity contribution is -0.116. The number of nitrogens with one attached hydrogen (secondary N) is 1. The van der Waals surface area contributed by atoms with Crippen LogP contribution in [0.4, 0.5) is 5.69 Å².